The van der Waals surface area contributed by atoms with Crippen LogP contribution in [-0.2, 0) is 0 Å². The van der Waals surface area contributed by atoms with Crippen molar-refractivity contribution in [1.29, 1.82) is 0 Å². The third kappa shape index (κ3) is 2.14. The molecule has 0 spiro atoms. The Balaban J connectivity index is 1.98. The van der Waals surface area contributed by atoms with Gasteiger partial charge in [-0.2, -0.15) is 0 Å². The molecular formula is C17H9Cl2NO3. The summed E-state index contributed by atoms with van der Waals surface area (Å²) in [7, 11) is 0. The van der Waals surface area contributed by atoms with Crippen molar-refractivity contribution >= 4 is 40.1 Å². The van der Waals surface area contributed by atoms with Crippen molar-refractivity contribution in [2.24, 2.45) is 0 Å². The van der Waals surface area contributed by atoms with E-state index in [0.717, 1.165) is 0 Å². The number of para-hydroxylation sites is 1. The number of carbonyl (C=O) groups excluding carboxylic acids is 1. The Morgan fingerprint density at radius 1 is 1.00 bits per heavy atom. The number of hydrogen-bond acceptors (Lipinski definition) is 3. The second kappa shape index (κ2) is 5.11. The number of hydrogen-bond donors (Lipinski definition) is 1. The van der Waals surface area contributed by atoms with Crippen molar-refractivity contribution in [2.45, 2.75) is 6.04 Å². The van der Waals surface area contributed by atoms with Crippen LogP contribution in [0.3, 0.4) is 0 Å². The molecule has 2 heterocycles. The molecule has 1 unspecified atom stereocenters. The molecule has 1 amide bonds. The standard InChI is InChI=1S/C17H9Cl2NO3/c18-10-6-5-8(7-11(10)19)14-13-15(21)9-3-1-2-4-12(9)23-16(13)17(22)20-14/h1-7,14H,(H,20,22). The van der Waals surface area contributed by atoms with Crippen molar-refractivity contribution < 1.29 is 9.21 Å². The molecule has 0 saturated heterocycles. The molecule has 6 heteroatoms. The van der Waals surface area contributed by atoms with Crippen LogP contribution in [-0.4, -0.2) is 5.91 Å². The maximum Gasteiger partial charge on any atom is 0.288 e. The Hall–Kier alpha value is -2.30. The fraction of sp³-hybridized carbons (Fsp3) is 0.0588. The maximum atomic E-state index is 12.8. The van der Waals surface area contributed by atoms with Gasteiger partial charge in [-0.3, -0.25) is 9.59 Å². The Morgan fingerprint density at radius 3 is 2.57 bits per heavy atom. The highest BCUT2D eigenvalue weighted by Gasteiger charge is 2.35. The Morgan fingerprint density at radius 2 is 1.78 bits per heavy atom. The molecule has 0 fully saturated rings. The number of benzene rings is 2. The van der Waals surface area contributed by atoms with Gasteiger partial charge in [-0.25, -0.2) is 0 Å². The minimum atomic E-state index is -0.604. The number of rotatable bonds is 1. The molecule has 0 radical (unpaired) electrons. The predicted octanol–water partition coefficient (Wildman–Crippen LogP) is 3.93. The van der Waals surface area contributed by atoms with Crippen LogP contribution in [0.5, 0.6) is 0 Å². The van der Waals surface area contributed by atoms with Gasteiger partial charge in [0.1, 0.15) is 5.58 Å². The van der Waals surface area contributed by atoms with Gasteiger partial charge in [0.2, 0.25) is 5.76 Å². The van der Waals surface area contributed by atoms with Crippen LogP contribution >= 0.6 is 23.2 Å². The van der Waals surface area contributed by atoms with Gasteiger partial charge in [0.05, 0.1) is 27.0 Å². The zero-order valence-electron chi connectivity index (χ0n) is 11.6. The summed E-state index contributed by atoms with van der Waals surface area (Å²) in [5, 5.41) is 3.97. The molecule has 114 valence electrons. The van der Waals surface area contributed by atoms with E-state index >= 15 is 0 Å². The van der Waals surface area contributed by atoms with Crippen LogP contribution in [0.2, 0.25) is 10.0 Å². The molecule has 0 saturated carbocycles. The van der Waals surface area contributed by atoms with Gasteiger partial charge in [-0.05, 0) is 29.8 Å². The first-order valence-electron chi connectivity index (χ1n) is 6.88. The van der Waals surface area contributed by atoms with Gasteiger partial charge in [-0.15, -0.1) is 0 Å². The van der Waals surface area contributed by atoms with Crippen LogP contribution in [0, 0.1) is 0 Å². The molecule has 4 nitrogen and oxygen atoms in total. The van der Waals surface area contributed by atoms with E-state index in [1.807, 2.05) is 0 Å². The first-order valence-corrected chi connectivity index (χ1v) is 7.63. The van der Waals surface area contributed by atoms with Crippen LogP contribution < -0.4 is 10.7 Å². The molecule has 0 aliphatic carbocycles. The summed E-state index contributed by atoms with van der Waals surface area (Å²) in [6.07, 6.45) is 0. The normalized spacial score (nSPS) is 16.4. The average molecular weight is 346 g/mol. The van der Waals surface area contributed by atoms with Crippen LogP contribution in [0.25, 0.3) is 11.0 Å². The average Bonchev–Trinajstić information content (AvgIpc) is 2.88. The quantitative estimate of drug-likeness (QED) is 0.726. The zero-order valence-corrected chi connectivity index (χ0v) is 13.1. The maximum absolute atomic E-state index is 12.8. The van der Waals surface area contributed by atoms with Gasteiger partial charge >= 0.3 is 0 Å². The van der Waals surface area contributed by atoms with E-state index in [-0.39, 0.29) is 11.2 Å². The highest BCUT2D eigenvalue weighted by atomic mass is 35.5. The van der Waals surface area contributed by atoms with Crippen molar-refractivity contribution in [2.75, 3.05) is 0 Å². The fourth-order valence-corrected chi connectivity index (χ4v) is 3.10. The molecule has 2 aromatic carbocycles. The molecule has 1 N–H and O–H groups in total. The van der Waals surface area contributed by atoms with Gasteiger partial charge in [-0.1, -0.05) is 41.4 Å². The zero-order chi connectivity index (χ0) is 16.1. The Bertz CT molecular complexity index is 1030. The molecule has 1 aliphatic heterocycles. The number of carbonyl (C=O) groups is 1. The number of amides is 1. The van der Waals surface area contributed by atoms with E-state index < -0.39 is 11.9 Å². The second-order valence-electron chi connectivity index (χ2n) is 5.25. The molecule has 0 bridgehead atoms. The lowest BCUT2D eigenvalue weighted by molar-refractivity contribution is 0.0938. The molecular weight excluding hydrogens is 337 g/mol. The highest BCUT2D eigenvalue weighted by molar-refractivity contribution is 6.42. The van der Waals surface area contributed by atoms with Crippen LogP contribution in [0.4, 0.5) is 0 Å². The van der Waals surface area contributed by atoms with Crippen molar-refractivity contribution in [1.82, 2.24) is 5.32 Å². The van der Waals surface area contributed by atoms with Gasteiger partial charge < -0.3 is 9.73 Å². The third-order valence-electron chi connectivity index (χ3n) is 3.88. The van der Waals surface area contributed by atoms with Crippen molar-refractivity contribution in [3.05, 3.63) is 79.6 Å². The molecule has 3 aromatic rings. The van der Waals surface area contributed by atoms with E-state index in [2.05, 4.69) is 5.32 Å². The summed E-state index contributed by atoms with van der Waals surface area (Å²) >= 11 is 12.0. The Kier molecular flexibility index (Phi) is 3.18. The number of fused-ring (bicyclic) bond motifs is 2. The molecule has 23 heavy (non-hydrogen) atoms. The number of halogens is 2. The predicted molar refractivity (Wildman–Crippen MR) is 88.3 cm³/mol. The van der Waals surface area contributed by atoms with Crippen molar-refractivity contribution in [3.63, 3.8) is 0 Å². The van der Waals surface area contributed by atoms with Gasteiger partial charge in [0.25, 0.3) is 5.91 Å². The smallest absolute Gasteiger partial charge is 0.288 e. The topological polar surface area (TPSA) is 59.3 Å². The van der Waals surface area contributed by atoms with Crippen LogP contribution in [0.1, 0.15) is 27.7 Å². The monoisotopic (exact) mass is 345 g/mol. The first kappa shape index (κ1) is 14.3. The minimum Gasteiger partial charge on any atom is -0.450 e. The van der Waals surface area contributed by atoms with Crippen molar-refractivity contribution in [3.8, 4) is 0 Å². The summed E-state index contributed by atoms with van der Waals surface area (Å²) in [6, 6.07) is 11.2. The van der Waals surface area contributed by atoms with Gasteiger partial charge in [0.15, 0.2) is 5.43 Å². The van der Waals surface area contributed by atoms with Gasteiger partial charge in [0, 0.05) is 0 Å². The number of nitrogens with one attached hydrogen (secondary N) is 1. The Labute approximate surface area is 140 Å². The third-order valence-corrected chi connectivity index (χ3v) is 4.62. The summed E-state index contributed by atoms with van der Waals surface area (Å²) in [4.78, 5) is 25.0. The molecule has 1 aliphatic rings. The lowest BCUT2D eigenvalue weighted by Gasteiger charge is -2.12. The lowest BCUT2D eigenvalue weighted by atomic mass is 9.99. The molecule has 1 aromatic heterocycles. The van der Waals surface area contributed by atoms with E-state index in [0.29, 0.717) is 32.1 Å². The molecule has 1 atom stereocenters. The van der Waals surface area contributed by atoms with E-state index in [9.17, 15) is 9.59 Å². The van der Waals surface area contributed by atoms with E-state index in [4.69, 9.17) is 27.6 Å². The highest BCUT2D eigenvalue weighted by Crippen LogP contribution is 2.33. The summed E-state index contributed by atoms with van der Waals surface area (Å²) in [5.41, 5.74) is 1.14. The first-order chi connectivity index (χ1) is 11.1. The SMILES string of the molecule is O=C1NC(c2ccc(Cl)c(Cl)c2)c2c1oc1ccccc1c2=O. The van der Waals surface area contributed by atoms with E-state index in [1.54, 1.807) is 42.5 Å². The lowest BCUT2D eigenvalue weighted by Crippen LogP contribution is -2.21. The molecule has 4 rings (SSSR count). The summed E-state index contributed by atoms with van der Waals surface area (Å²) in [6.45, 7) is 0. The summed E-state index contributed by atoms with van der Waals surface area (Å²) < 4.78 is 5.63. The minimum absolute atomic E-state index is 0.0461. The fourth-order valence-electron chi connectivity index (χ4n) is 2.80. The van der Waals surface area contributed by atoms with E-state index in [1.165, 1.54) is 0 Å². The largest absolute Gasteiger partial charge is 0.450 e. The second-order valence-corrected chi connectivity index (χ2v) is 6.06. The summed E-state index contributed by atoms with van der Waals surface area (Å²) in [5.74, 6) is -0.372. The van der Waals surface area contributed by atoms with Crippen LogP contribution in [0.15, 0.2) is 51.7 Å².